The molecule has 1 heterocycles. The Hall–Kier alpha value is -6.93. The van der Waals surface area contributed by atoms with Crippen LogP contribution in [0.3, 0.4) is 0 Å². The highest BCUT2D eigenvalue weighted by atomic mass is 35.5. The van der Waals surface area contributed by atoms with E-state index in [1.54, 1.807) is 72.8 Å². The predicted octanol–water partition coefficient (Wildman–Crippen LogP) is 5.17. The van der Waals surface area contributed by atoms with E-state index in [0.29, 0.717) is 24.1 Å². The second-order valence-corrected chi connectivity index (χ2v) is 15.5. The molecule has 0 aliphatic carbocycles. The Bertz CT molecular complexity index is 2310. The van der Waals surface area contributed by atoms with Gasteiger partial charge in [-0.05, 0) is 48.3 Å². The van der Waals surface area contributed by atoms with Crippen molar-refractivity contribution in [3.8, 4) is 0 Å². The number of carbonyl (C=O) groups excluding carboxylic acids is 6. The molecule has 64 heavy (non-hydrogen) atoms. The average Bonchev–Trinajstić information content (AvgIpc) is 3.29. The first-order valence-electron chi connectivity index (χ1n) is 20.8. The summed E-state index contributed by atoms with van der Waals surface area (Å²) in [6.45, 7) is 3.60. The maximum absolute atomic E-state index is 14.7. The summed E-state index contributed by atoms with van der Waals surface area (Å²) in [6, 6.07) is 26.2. The number of Topliss-reactive ketones (excluding diaryl/α,β-unsaturated/α-hetero) is 2. The van der Waals surface area contributed by atoms with Gasteiger partial charge < -0.3 is 31.9 Å². The molecule has 0 saturated carbocycles. The van der Waals surface area contributed by atoms with E-state index in [1.807, 2.05) is 0 Å². The van der Waals surface area contributed by atoms with Gasteiger partial charge in [-0.3, -0.25) is 28.8 Å². The van der Waals surface area contributed by atoms with Crippen molar-refractivity contribution >= 4 is 58.9 Å². The number of nitrogens with two attached hydrogens (primary N) is 1. The van der Waals surface area contributed by atoms with Gasteiger partial charge in [0.1, 0.15) is 23.7 Å². The van der Waals surface area contributed by atoms with Crippen LogP contribution in [-0.2, 0) is 41.6 Å². The lowest BCUT2D eigenvalue weighted by Gasteiger charge is -2.30. The number of ketones is 2. The second-order valence-electron chi connectivity index (χ2n) is 15.3. The van der Waals surface area contributed by atoms with Crippen LogP contribution in [0.4, 0.5) is 8.78 Å². The van der Waals surface area contributed by atoms with E-state index < -0.39 is 65.0 Å². The van der Waals surface area contributed by atoms with Gasteiger partial charge in [-0.15, -0.1) is 11.6 Å². The van der Waals surface area contributed by atoms with Crippen LogP contribution < -0.4 is 27.0 Å². The van der Waals surface area contributed by atoms with E-state index in [1.165, 1.54) is 53.5 Å². The van der Waals surface area contributed by atoms with E-state index in [9.17, 15) is 37.5 Å². The lowest BCUT2D eigenvalue weighted by molar-refractivity contribution is -0.135. The first kappa shape index (κ1) is 48.1. The fourth-order valence-electron chi connectivity index (χ4n) is 7.05. The summed E-state index contributed by atoms with van der Waals surface area (Å²) in [5, 5.41) is 11.1. The van der Waals surface area contributed by atoms with E-state index >= 15 is 0 Å². The normalized spacial score (nSPS) is 15.2. The van der Waals surface area contributed by atoms with E-state index in [0.717, 1.165) is 0 Å². The molecule has 0 unspecified atom stereocenters. The molecule has 12 nitrogen and oxygen atoms in total. The van der Waals surface area contributed by atoms with Crippen LogP contribution in [-0.4, -0.2) is 83.7 Å². The second kappa shape index (κ2) is 24.1. The molecule has 4 aromatic rings. The molecule has 1 aliphatic heterocycles. The molecule has 4 aromatic carbocycles. The van der Waals surface area contributed by atoms with Gasteiger partial charge in [0.25, 0.3) is 0 Å². The molecule has 0 radical (unpaired) electrons. The smallest absolute Gasteiger partial charge is 0.243 e. The Labute approximate surface area is 376 Å². The Morgan fingerprint density at radius 3 is 1.64 bits per heavy atom. The van der Waals surface area contributed by atoms with Crippen LogP contribution >= 0.6 is 11.6 Å². The van der Waals surface area contributed by atoms with Crippen LogP contribution in [0.25, 0.3) is 12.2 Å². The molecule has 5 rings (SSSR count). The number of hydrogen-bond donors (Lipinski definition) is 5. The standard InChI is InChI=1S/C49H51ClF2N6O6/c1-32(53)54-24-12-21-41(44(59)29-50)56-49(64)43(26-34-15-6-3-7-16-34)57-48(63)42(25-33-13-4-2-5-14-33)55-45(60)22-23-46(61)58-30-37(27-35-17-8-10-19-39(35)51)47(62)38(31-58)28-36-18-9-11-20-40(36)52/h2-11,13-20,27-28,41-43,54H,1,12,21-26,29-31,53H2,(H,55,60)(H,56,64)(H,57,63)/b37-27+,38-28+/t41-,42+,43-/m0/s1. The van der Waals surface area contributed by atoms with Gasteiger partial charge >= 0.3 is 0 Å². The van der Waals surface area contributed by atoms with E-state index in [2.05, 4.69) is 27.8 Å². The number of likely N-dealkylation sites (tertiary alicyclic amines) is 1. The molecule has 4 amide bonds. The minimum absolute atomic E-state index is 0.0292. The fraction of sp³-hybridized carbons (Fsp3) is 0.265. The van der Waals surface area contributed by atoms with Gasteiger partial charge in [0, 0.05) is 67.6 Å². The molecular weight excluding hydrogens is 842 g/mol. The monoisotopic (exact) mass is 892 g/mol. The number of benzene rings is 4. The number of piperidine rings is 1. The first-order chi connectivity index (χ1) is 30.8. The molecule has 0 aromatic heterocycles. The molecule has 1 saturated heterocycles. The largest absolute Gasteiger partial charge is 0.386 e. The number of alkyl halides is 1. The highest BCUT2D eigenvalue weighted by Crippen LogP contribution is 2.25. The third kappa shape index (κ3) is 14.6. The van der Waals surface area contributed by atoms with Crippen molar-refractivity contribution in [2.45, 2.75) is 56.7 Å². The maximum atomic E-state index is 14.7. The average molecular weight is 893 g/mol. The summed E-state index contributed by atoms with van der Waals surface area (Å²) >= 11 is 5.90. The minimum atomic E-state index is -1.20. The van der Waals surface area contributed by atoms with Crippen molar-refractivity contribution in [1.29, 1.82) is 0 Å². The fourth-order valence-corrected chi connectivity index (χ4v) is 7.23. The Kier molecular flexibility index (Phi) is 18.1. The molecule has 15 heteroatoms. The van der Waals surface area contributed by atoms with Gasteiger partial charge in [-0.1, -0.05) is 104 Å². The van der Waals surface area contributed by atoms with Gasteiger partial charge in [0.15, 0.2) is 11.6 Å². The topological polar surface area (TPSA) is 180 Å². The van der Waals surface area contributed by atoms with Crippen molar-refractivity contribution in [3.05, 3.63) is 167 Å². The Morgan fingerprint density at radius 1 is 0.688 bits per heavy atom. The molecule has 1 aliphatic rings. The number of rotatable bonds is 21. The summed E-state index contributed by atoms with van der Waals surface area (Å²) in [7, 11) is 0. The van der Waals surface area contributed by atoms with E-state index in [-0.39, 0.29) is 79.2 Å². The molecule has 6 N–H and O–H groups in total. The zero-order chi connectivity index (χ0) is 46.0. The SMILES string of the molecule is C=C(N)NCCC[C@H](NC(=O)[C@H](Cc1ccccc1)NC(=O)[C@@H](Cc1ccccc1)NC(=O)CCC(=O)N1C/C(=C\c2ccccc2F)C(=O)/C(=C/c2ccccc2F)C1)C(=O)CCl. The molecule has 334 valence electrons. The van der Waals surface area contributed by atoms with E-state index in [4.69, 9.17) is 17.3 Å². The van der Waals surface area contributed by atoms with Crippen LogP contribution in [0, 0.1) is 11.6 Å². The highest BCUT2D eigenvalue weighted by molar-refractivity contribution is 6.28. The molecule has 1 fully saturated rings. The maximum Gasteiger partial charge on any atom is 0.243 e. The van der Waals surface area contributed by atoms with Crippen molar-refractivity contribution < 1.29 is 37.5 Å². The summed E-state index contributed by atoms with van der Waals surface area (Å²) in [4.78, 5) is 83.3. The quantitative estimate of drug-likeness (QED) is 0.0432. The van der Waals surface area contributed by atoms with Crippen LogP contribution in [0.5, 0.6) is 0 Å². The third-order valence-electron chi connectivity index (χ3n) is 10.4. The van der Waals surface area contributed by atoms with Gasteiger partial charge in [-0.2, -0.15) is 0 Å². The molecule has 3 atom stereocenters. The summed E-state index contributed by atoms with van der Waals surface area (Å²) in [5.74, 6) is -4.63. The number of carbonyl (C=O) groups is 6. The first-order valence-corrected chi connectivity index (χ1v) is 21.3. The van der Waals surface area contributed by atoms with Crippen molar-refractivity contribution in [1.82, 2.24) is 26.2 Å². The summed E-state index contributed by atoms with van der Waals surface area (Å²) in [6.07, 6.45) is 2.77. The number of nitrogens with one attached hydrogen (secondary N) is 4. The third-order valence-corrected chi connectivity index (χ3v) is 10.7. The molecule has 0 spiro atoms. The number of nitrogens with zero attached hydrogens (tertiary/aromatic N) is 1. The zero-order valence-electron chi connectivity index (χ0n) is 35.2. The summed E-state index contributed by atoms with van der Waals surface area (Å²) < 4.78 is 29.4. The number of halogens is 3. The van der Waals surface area contributed by atoms with Gasteiger partial charge in [-0.25, -0.2) is 8.78 Å². The predicted molar refractivity (Wildman–Crippen MR) is 242 cm³/mol. The molecule has 0 bridgehead atoms. The summed E-state index contributed by atoms with van der Waals surface area (Å²) in [5.41, 5.74) is 7.45. The Balaban J connectivity index is 1.32. The van der Waals surface area contributed by atoms with Crippen LogP contribution in [0.1, 0.15) is 47.9 Å². The minimum Gasteiger partial charge on any atom is -0.386 e. The van der Waals surface area contributed by atoms with Gasteiger partial charge in [0.05, 0.1) is 17.7 Å². The van der Waals surface area contributed by atoms with Crippen LogP contribution in [0.15, 0.2) is 133 Å². The highest BCUT2D eigenvalue weighted by Gasteiger charge is 2.32. The number of amides is 4. The molecular formula is C49H51ClF2N6O6. The Morgan fingerprint density at radius 2 is 1.16 bits per heavy atom. The lowest BCUT2D eigenvalue weighted by Crippen LogP contribution is -2.57. The van der Waals surface area contributed by atoms with Gasteiger partial charge in [0.2, 0.25) is 23.6 Å². The van der Waals surface area contributed by atoms with Crippen LogP contribution in [0.2, 0.25) is 0 Å². The van der Waals surface area contributed by atoms with Crippen molar-refractivity contribution in [2.75, 3.05) is 25.5 Å². The zero-order valence-corrected chi connectivity index (χ0v) is 35.9. The lowest BCUT2D eigenvalue weighted by atomic mass is 9.93. The number of hydrogen-bond acceptors (Lipinski definition) is 8. The van der Waals surface area contributed by atoms with Crippen molar-refractivity contribution in [3.63, 3.8) is 0 Å². The van der Waals surface area contributed by atoms with Crippen molar-refractivity contribution in [2.24, 2.45) is 5.73 Å².